The Hall–Kier alpha value is -2.92. The van der Waals surface area contributed by atoms with Gasteiger partial charge >= 0.3 is 12.2 Å². The number of ether oxygens (including phenoxy) is 3. The van der Waals surface area contributed by atoms with Gasteiger partial charge in [-0.25, -0.2) is 0 Å². The van der Waals surface area contributed by atoms with Crippen LogP contribution in [0.4, 0.5) is 0 Å². The van der Waals surface area contributed by atoms with Crippen LogP contribution < -0.4 is 0 Å². The molecule has 0 saturated heterocycles. The maximum atomic E-state index is 9.65. The van der Waals surface area contributed by atoms with Gasteiger partial charge in [-0.3, -0.25) is 0 Å². The van der Waals surface area contributed by atoms with Crippen LogP contribution in [0.1, 0.15) is 0 Å². The molecule has 8 N–H and O–H groups in total. The fourth-order valence-corrected chi connectivity index (χ4v) is 1.71. The normalized spacial score (nSPS) is 25.5. The summed E-state index contributed by atoms with van der Waals surface area (Å²) in [5, 5.41) is 75.1. The second-order valence-electron chi connectivity index (χ2n) is 4.39. The molecule has 2 rings (SSSR count). The van der Waals surface area contributed by atoms with E-state index in [1.54, 1.807) is 0 Å². The highest BCUT2D eigenvalue weighted by atomic mass is 16.8. The second-order valence-corrected chi connectivity index (χ2v) is 4.39. The Bertz CT molecular complexity index is 627. The van der Waals surface area contributed by atoms with E-state index in [2.05, 4.69) is 0 Å². The van der Waals surface area contributed by atoms with Crippen molar-refractivity contribution < 1.29 is 55.1 Å². The quantitative estimate of drug-likeness (QED) is 0.342. The molecule has 11 nitrogen and oxygen atoms in total. The van der Waals surface area contributed by atoms with Crippen molar-refractivity contribution in [1.82, 2.24) is 0 Å². The Kier molecular flexibility index (Phi) is 4.33. The van der Waals surface area contributed by atoms with E-state index in [-0.39, 0.29) is 0 Å². The molecule has 0 amide bonds. The van der Waals surface area contributed by atoms with Crippen LogP contribution in [0.5, 0.6) is 0 Å². The molecule has 128 valence electrons. The van der Waals surface area contributed by atoms with E-state index < -0.39 is 71.9 Å². The van der Waals surface area contributed by atoms with Gasteiger partial charge in [0.25, 0.3) is 0 Å². The molecule has 0 spiro atoms. The van der Waals surface area contributed by atoms with Crippen molar-refractivity contribution in [2.75, 3.05) is 13.2 Å². The SMILES string of the molecule is OCC1=C(O)C(O)=C(O)C(OC2=C(O)C(O)=C(O)C(CO)O2)O1. The van der Waals surface area contributed by atoms with Crippen molar-refractivity contribution >= 4 is 0 Å². The van der Waals surface area contributed by atoms with Gasteiger partial charge in [0.05, 0.1) is 6.61 Å². The lowest BCUT2D eigenvalue weighted by Crippen LogP contribution is -2.32. The molecule has 2 aliphatic heterocycles. The van der Waals surface area contributed by atoms with Crippen molar-refractivity contribution in [2.24, 2.45) is 0 Å². The summed E-state index contributed by atoms with van der Waals surface area (Å²) in [5.74, 6) is -7.30. The Morgan fingerprint density at radius 1 is 0.783 bits per heavy atom. The molecule has 2 aliphatic rings. The predicted molar refractivity (Wildman–Crippen MR) is 68.9 cm³/mol. The Labute approximate surface area is 128 Å². The van der Waals surface area contributed by atoms with Crippen molar-refractivity contribution in [3.8, 4) is 0 Å². The van der Waals surface area contributed by atoms with E-state index in [4.69, 9.17) is 24.4 Å². The van der Waals surface area contributed by atoms with Gasteiger partial charge in [0.15, 0.2) is 17.6 Å². The first-order chi connectivity index (χ1) is 10.8. The molecule has 2 atom stereocenters. The maximum absolute atomic E-state index is 9.65. The number of aliphatic hydroxyl groups is 8. The molecular weight excluding hydrogens is 320 g/mol. The predicted octanol–water partition coefficient (Wildman–Crippen LogP) is -0.105. The van der Waals surface area contributed by atoms with Crippen LogP contribution in [0, 0.1) is 0 Å². The van der Waals surface area contributed by atoms with E-state index in [9.17, 15) is 30.6 Å². The summed E-state index contributed by atoms with van der Waals surface area (Å²) < 4.78 is 14.6. The van der Waals surface area contributed by atoms with Crippen molar-refractivity contribution in [1.29, 1.82) is 0 Å². The molecule has 0 aliphatic carbocycles. The van der Waals surface area contributed by atoms with Gasteiger partial charge in [-0.05, 0) is 0 Å². The minimum Gasteiger partial charge on any atom is -0.505 e. The maximum Gasteiger partial charge on any atom is 0.331 e. The highest BCUT2D eigenvalue weighted by molar-refractivity contribution is 5.30. The van der Waals surface area contributed by atoms with E-state index >= 15 is 0 Å². The fraction of sp³-hybridized carbons (Fsp3) is 0.333. The van der Waals surface area contributed by atoms with Crippen LogP contribution in [0.3, 0.4) is 0 Å². The Morgan fingerprint density at radius 3 is 1.96 bits per heavy atom. The first kappa shape index (κ1) is 16.5. The van der Waals surface area contributed by atoms with Crippen LogP contribution in [-0.2, 0) is 14.2 Å². The van der Waals surface area contributed by atoms with Gasteiger partial charge in [-0.2, -0.15) is 0 Å². The van der Waals surface area contributed by atoms with Crippen molar-refractivity contribution in [3.63, 3.8) is 0 Å². The van der Waals surface area contributed by atoms with Crippen molar-refractivity contribution in [3.05, 3.63) is 46.3 Å². The molecule has 0 saturated carbocycles. The van der Waals surface area contributed by atoms with Gasteiger partial charge in [0.2, 0.25) is 28.8 Å². The number of rotatable bonds is 4. The molecule has 2 unspecified atom stereocenters. The van der Waals surface area contributed by atoms with Gasteiger partial charge in [-0.15, -0.1) is 0 Å². The molecular formula is C12H14O11. The molecule has 0 aromatic carbocycles. The largest absolute Gasteiger partial charge is 0.505 e. The molecule has 0 aromatic heterocycles. The summed E-state index contributed by atoms with van der Waals surface area (Å²) in [5.41, 5.74) is 0. The Balaban J connectivity index is 2.30. The Morgan fingerprint density at radius 2 is 1.39 bits per heavy atom. The van der Waals surface area contributed by atoms with Crippen molar-refractivity contribution in [2.45, 2.75) is 12.4 Å². The summed E-state index contributed by atoms with van der Waals surface area (Å²) in [7, 11) is 0. The summed E-state index contributed by atoms with van der Waals surface area (Å²) in [6.07, 6.45) is -3.30. The van der Waals surface area contributed by atoms with E-state index in [0.717, 1.165) is 0 Å². The third kappa shape index (κ3) is 2.74. The first-order valence-electron chi connectivity index (χ1n) is 6.13. The minimum atomic E-state index is -1.85. The van der Waals surface area contributed by atoms with Crippen LogP contribution in [-0.4, -0.2) is 66.5 Å². The molecule has 0 aromatic rings. The molecule has 2 heterocycles. The second kappa shape index (κ2) is 6.06. The third-order valence-corrected chi connectivity index (χ3v) is 2.94. The number of hydrogen-bond donors (Lipinski definition) is 8. The van der Waals surface area contributed by atoms with Crippen LogP contribution >= 0.6 is 0 Å². The lowest BCUT2D eigenvalue weighted by molar-refractivity contribution is -0.156. The fourth-order valence-electron chi connectivity index (χ4n) is 1.71. The molecule has 23 heavy (non-hydrogen) atoms. The van der Waals surface area contributed by atoms with Crippen LogP contribution in [0.2, 0.25) is 0 Å². The third-order valence-electron chi connectivity index (χ3n) is 2.94. The van der Waals surface area contributed by atoms with E-state index in [0.29, 0.717) is 0 Å². The average Bonchev–Trinajstić information content (AvgIpc) is 2.55. The van der Waals surface area contributed by atoms with Gasteiger partial charge < -0.3 is 55.1 Å². The number of aliphatic hydroxyl groups excluding tert-OH is 8. The summed E-state index contributed by atoms with van der Waals surface area (Å²) in [6.45, 7) is -1.63. The molecule has 0 bridgehead atoms. The summed E-state index contributed by atoms with van der Waals surface area (Å²) >= 11 is 0. The zero-order valence-electron chi connectivity index (χ0n) is 11.4. The topological polar surface area (TPSA) is 190 Å². The minimum absolute atomic E-state index is 0.539. The van der Waals surface area contributed by atoms with E-state index in [1.807, 2.05) is 0 Å². The summed E-state index contributed by atoms with van der Waals surface area (Å²) in [4.78, 5) is 0. The van der Waals surface area contributed by atoms with Gasteiger partial charge in [-0.1, -0.05) is 0 Å². The van der Waals surface area contributed by atoms with Gasteiger partial charge in [0, 0.05) is 0 Å². The first-order valence-corrected chi connectivity index (χ1v) is 6.13. The van der Waals surface area contributed by atoms with Crippen LogP contribution in [0.15, 0.2) is 46.3 Å². The average molecular weight is 334 g/mol. The highest BCUT2D eigenvalue weighted by Gasteiger charge is 2.38. The van der Waals surface area contributed by atoms with Gasteiger partial charge in [0.1, 0.15) is 6.61 Å². The zero-order chi connectivity index (χ0) is 17.3. The lowest BCUT2D eigenvalue weighted by Gasteiger charge is -2.29. The van der Waals surface area contributed by atoms with Crippen LogP contribution in [0.25, 0.3) is 0 Å². The highest BCUT2D eigenvalue weighted by Crippen LogP contribution is 2.31. The molecule has 11 heteroatoms. The zero-order valence-corrected chi connectivity index (χ0v) is 11.4. The molecule has 0 fully saturated rings. The van der Waals surface area contributed by atoms with E-state index in [1.165, 1.54) is 0 Å². The molecule has 0 radical (unpaired) electrons. The number of hydrogen-bond acceptors (Lipinski definition) is 11. The smallest absolute Gasteiger partial charge is 0.331 e. The summed E-state index contributed by atoms with van der Waals surface area (Å²) in [6, 6.07) is 0. The monoisotopic (exact) mass is 334 g/mol. The standard InChI is InChI=1S/C12H14O11/c13-1-3-5(15)7(17)9(19)11(21-3)23-12-10(20)8(18)6(16)4(2-14)22-12/h3,12-20H,1-2H2. The lowest BCUT2D eigenvalue weighted by atomic mass is 10.2.